The van der Waals surface area contributed by atoms with E-state index in [-0.39, 0.29) is 36.7 Å². The van der Waals surface area contributed by atoms with Gasteiger partial charge in [0.15, 0.2) is 0 Å². The van der Waals surface area contributed by atoms with Gasteiger partial charge in [-0.25, -0.2) is 4.79 Å². The number of fused-ring (bicyclic) bond motifs is 3. The minimum atomic E-state index is -0.909. The second kappa shape index (κ2) is 11.9. The van der Waals surface area contributed by atoms with Gasteiger partial charge in [0.2, 0.25) is 5.91 Å². The Morgan fingerprint density at radius 3 is 2.06 bits per heavy atom. The van der Waals surface area contributed by atoms with Crippen LogP contribution in [0, 0.1) is 17.8 Å². The van der Waals surface area contributed by atoms with Crippen LogP contribution in [0.1, 0.15) is 57.6 Å². The lowest BCUT2D eigenvalue weighted by Gasteiger charge is -2.24. The molecule has 1 aliphatic carbocycles. The molecular weight excluding hydrogens is 444 g/mol. The summed E-state index contributed by atoms with van der Waals surface area (Å²) < 4.78 is 5.55. The second-order valence-electron chi connectivity index (χ2n) is 9.81. The van der Waals surface area contributed by atoms with Crippen molar-refractivity contribution in [2.24, 2.45) is 17.8 Å². The number of benzene rings is 2. The van der Waals surface area contributed by atoms with Gasteiger partial charge in [-0.3, -0.25) is 9.59 Å². The number of amides is 2. The largest absolute Gasteiger partial charge is 0.481 e. The van der Waals surface area contributed by atoms with E-state index in [1.165, 1.54) is 11.1 Å². The third-order valence-corrected chi connectivity index (χ3v) is 6.73. The van der Waals surface area contributed by atoms with E-state index in [2.05, 4.69) is 34.9 Å². The Morgan fingerprint density at radius 1 is 0.943 bits per heavy atom. The molecule has 2 aromatic carbocycles. The van der Waals surface area contributed by atoms with Crippen molar-refractivity contribution >= 4 is 18.0 Å². The predicted molar refractivity (Wildman–Crippen MR) is 135 cm³/mol. The zero-order valence-corrected chi connectivity index (χ0v) is 20.9. The minimum Gasteiger partial charge on any atom is -0.481 e. The fourth-order valence-corrected chi connectivity index (χ4v) is 4.88. The molecular formula is C28H36N2O5. The highest BCUT2D eigenvalue weighted by Gasteiger charge is 2.30. The average Bonchev–Trinajstić information content (AvgIpc) is 3.13. The molecule has 0 saturated carbocycles. The number of carbonyl (C=O) groups is 3. The summed E-state index contributed by atoms with van der Waals surface area (Å²) in [6, 6.07) is 15.9. The van der Waals surface area contributed by atoms with E-state index in [0.717, 1.165) is 11.1 Å². The molecule has 3 atom stereocenters. The van der Waals surface area contributed by atoms with Gasteiger partial charge in [0, 0.05) is 24.9 Å². The number of ether oxygens (including phenoxy) is 1. The van der Waals surface area contributed by atoms with Gasteiger partial charge in [-0.15, -0.1) is 0 Å². The molecule has 35 heavy (non-hydrogen) atoms. The zero-order chi connectivity index (χ0) is 25.5. The predicted octanol–water partition coefficient (Wildman–Crippen LogP) is 4.80. The molecule has 3 rings (SSSR count). The smallest absolute Gasteiger partial charge is 0.407 e. The number of hydrogen-bond donors (Lipinski definition) is 3. The molecule has 0 fully saturated rings. The minimum absolute atomic E-state index is 0.0109. The molecule has 1 aliphatic rings. The van der Waals surface area contributed by atoms with E-state index in [9.17, 15) is 19.5 Å². The van der Waals surface area contributed by atoms with E-state index >= 15 is 0 Å². The topological polar surface area (TPSA) is 105 Å². The Balaban J connectivity index is 1.41. The highest BCUT2D eigenvalue weighted by atomic mass is 16.5. The number of carbonyl (C=O) groups excluding carboxylic acids is 2. The molecule has 0 spiro atoms. The summed E-state index contributed by atoms with van der Waals surface area (Å²) in [7, 11) is 0. The first-order valence-electron chi connectivity index (χ1n) is 12.3. The van der Waals surface area contributed by atoms with Gasteiger partial charge in [-0.05, 0) is 47.4 Å². The lowest BCUT2D eigenvalue weighted by atomic mass is 9.89. The standard InChI is InChI=1S/C28H36N2O5/c1-17(2)26(27(32)33)19(4)30-25(31)14-13-18(3)15-29-28(34)35-16-24-22-11-7-5-9-20(22)21-10-6-8-12-23(21)24/h5-12,17-19,24,26H,13-16H2,1-4H3,(H,29,34)(H,30,31)(H,32,33). The first-order valence-corrected chi connectivity index (χ1v) is 12.3. The first-order chi connectivity index (χ1) is 16.7. The van der Waals surface area contributed by atoms with Crippen LogP contribution in [0.15, 0.2) is 48.5 Å². The molecule has 2 aromatic rings. The molecule has 0 saturated heterocycles. The van der Waals surface area contributed by atoms with Gasteiger partial charge in [-0.2, -0.15) is 0 Å². The summed E-state index contributed by atoms with van der Waals surface area (Å²) >= 11 is 0. The lowest BCUT2D eigenvalue weighted by molar-refractivity contribution is -0.144. The number of carboxylic acid groups (broad SMARTS) is 1. The summed E-state index contributed by atoms with van der Waals surface area (Å²) in [6.07, 6.45) is 0.363. The van der Waals surface area contributed by atoms with E-state index in [4.69, 9.17) is 4.74 Å². The molecule has 3 N–H and O–H groups in total. The lowest BCUT2D eigenvalue weighted by Crippen LogP contribution is -2.43. The zero-order valence-electron chi connectivity index (χ0n) is 20.9. The van der Waals surface area contributed by atoms with Crippen LogP contribution < -0.4 is 10.6 Å². The van der Waals surface area contributed by atoms with Gasteiger partial charge in [-0.1, -0.05) is 69.3 Å². The number of alkyl carbamates (subject to hydrolysis) is 1. The summed E-state index contributed by atoms with van der Waals surface area (Å²) in [5, 5.41) is 15.0. The van der Waals surface area contributed by atoms with Gasteiger partial charge < -0.3 is 20.5 Å². The summed E-state index contributed by atoms with van der Waals surface area (Å²) in [6.45, 7) is 7.99. The van der Waals surface area contributed by atoms with Crippen LogP contribution in [0.25, 0.3) is 11.1 Å². The Hall–Kier alpha value is -3.35. The quantitative estimate of drug-likeness (QED) is 0.428. The Labute approximate surface area is 207 Å². The van der Waals surface area contributed by atoms with Crippen molar-refractivity contribution in [3.05, 3.63) is 59.7 Å². The van der Waals surface area contributed by atoms with Crippen molar-refractivity contribution in [3.63, 3.8) is 0 Å². The molecule has 0 aliphatic heterocycles. The molecule has 2 amide bonds. The average molecular weight is 481 g/mol. The van der Waals surface area contributed by atoms with Crippen LogP contribution in [0.3, 0.4) is 0 Å². The molecule has 3 unspecified atom stereocenters. The molecule has 0 bridgehead atoms. The third-order valence-electron chi connectivity index (χ3n) is 6.73. The van der Waals surface area contributed by atoms with Gasteiger partial charge in [0.05, 0.1) is 5.92 Å². The van der Waals surface area contributed by atoms with Crippen molar-refractivity contribution < 1.29 is 24.2 Å². The van der Waals surface area contributed by atoms with Gasteiger partial charge in [0.25, 0.3) is 0 Å². The van der Waals surface area contributed by atoms with E-state index < -0.39 is 24.0 Å². The fourth-order valence-electron chi connectivity index (χ4n) is 4.88. The summed E-state index contributed by atoms with van der Waals surface area (Å²) in [5.41, 5.74) is 4.69. The maximum Gasteiger partial charge on any atom is 0.407 e. The van der Waals surface area contributed by atoms with Crippen LogP contribution in [-0.4, -0.2) is 42.3 Å². The Kier molecular flexibility index (Phi) is 8.90. The van der Waals surface area contributed by atoms with Crippen molar-refractivity contribution in [2.75, 3.05) is 13.2 Å². The molecule has 0 radical (unpaired) electrons. The molecule has 0 aromatic heterocycles. The number of carboxylic acids is 1. The van der Waals surface area contributed by atoms with Gasteiger partial charge >= 0.3 is 12.1 Å². The van der Waals surface area contributed by atoms with Crippen LogP contribution in [0.2, 0.25) is 0 Å². The van der Waals surface area contributed by atoms with E-state index in [0.29, 0.717) is 13.0 Å². The second-order valence-corrected chi connectivity index (χ2v) is 9.81. The summed E-state index contributed by atoms with van der Waals surface area (Å²) in [5.74, 6) is -1.73. The summed E-state index contributed by atoms with van der Waals surface area (Å²) in [4.78, 5) is 36.1. The van der Waals surface area contributed by atoms with E-state index in [1.54, 1.807) is 6.92 Å². The number of nitrogens with one attached hydrogen (secondary N) is 2. The monoisotopic (exact) mass is 480 g/mol. The number of aliphatic carboxylic acids is 1. The third kappa shape index (κ3) is 6.62. The molecule has 0 heterocycles. The van der Waals surface area contributed by atoms with Crippen LogP contribution in [0.5, 0.6) is 0 Å². The maximum absolute atomic E-state index is 12.3. The fraction of sp³-hybridized carbons (Fsp3) is 0.464. The van der Waals surface area contributed by atoms with Crippen LogP contribution in [-0.2, 0) is 14.3 Å². The molecule has 7 heteroatoms. The normalized spacial score (nSPS) is 15.0. The van der Waals surface area contributed by atoms with Crippen LogP contribution in [0.4, 0.5) is 4.79 Å². The highest BCUT2D eigenvalue weighted by molar-refractivity contribution is 5.79. The first kappa shape index (κ1) is 26.3. The van der Waals surface area contributed by atoms with Crippen molar-refractivity contribution in [1.29, 1.82) is 0 Å². The van der Waals surface area contributed by atoms with Crippen molar-refractivity contribution in [3.8, 4) is 11.1 Å². The maximum atomic E-state index is 12.3. The Bertz CT molecular complexity index is 1010. The molecule has 188 valence electrons. The van der Waals surface area contributed by atoms with Crippen molar-refractivity contribution in [2.45, 2.75) is 52.5 Å². The highest BCUT2D eigenvalue weighted by Crippen LogP contribution is 2.44. The number of hydrogen-bond acceptors (Lipinski definition) is 4. The van der Waals surface area contributed by atoms with Crippen molar-refractivity contribution in [1.82, 2.24) is 10.6 Å². The number of rotatable bonds is 11. The van der Waals surface area contributed by atoms with E-state index in [1.807, 2.05) is 45.0 Å². The SMILES string of the molecule is CC(CCC(=O)NC(C)C(C(=O)O)C(C)C)CNC(=O)OCC1c2ccccc2-c2ccccc21. The van der Waals surface area contributed by atoms with Gasteiger partial charge in [0.1, 0.15) is 6.61 Å². The Morgan fingerprint density at radius 2 is 1.51 bits per heavy atom. The van der Waals surface area contributed by atoms with Crippen LogP contribution >= 0.6 is 0 Å². The molecule has 7 nitrogen and oxygen atoms in total.